The van der Waals surface area contributed by atoms with E-state index >= 15 is 0 Å². The Morgan fingerprint density at radius 1 is 1.39 bits per heavy atom. The summed E-state index contributed by atoms with van der Waals surface area (Å²) in [6.07, 6.45) is 3.35. The van der Waals surface area contributed by atoms with Gasteiger partial charge >= 0.3 is 5.97 Å². The van der Waals surface area contributed by atoms with Gasteiger partial charge in [0.1, 0.15) is 11.6 Å². The second-order valence-corrected chi connectivity index (χ2v) is 3.61. The van der Waals surface area contributed by atoms with Crippen LogP contribution in [-0.4, -0.2) is 49.9 Å². The number of nitrogens with two attached hydrogens (primary N) is 1. The summed E-state index contributed by atoms with van der Waals surface area (Å²) in [6.45, 7) is 1.61. The van der Waals surface area contributed by atoms with Crippen molar-refractivity contribution in [2.75, 3.05) is 44.5 Å². The third-order valence-corrected chi connectivity index (χ3v) is 2.34. The summed E-state index contributed by atoms with van der Waals surface area (Å²) in [5.41, 5.74) is 5.58. The quantitative estimate of drug-likeness (QED) is 0.689. The van der Waals surface area contributed by atoms with E-state index < -0.39 is 0 Å². The van der Waals surface area contributed by atoms with Crippen LogP contribution < -0.4 is 10.6 Å². The zero-order valence-corrected chi connectivity index (χ0v) is 10.6. The molecule has 0 amide bonds. The van der Waals surface area contributed by atoms with Crippen LogP contribution in [0.4, 0.5) is 11.6 Å². The lowest BCUT2D eigenvalue weighted by Gasteiger charge is -2.22. The second kappa shape index (κ2) is 7.44. The van der Waals surface area contributed by atoms with Gasteiger partial charge in [-0.15, -0.1) is 0 Å². The molecule has 0 atom stereocenters. The second-order valence-electron chi connectivity index (χ2n) is 3.61. The lowest BCUT2D eigenvalue weighted by atomic mass is 10.3. The number of esters is 1. The predicted molar refractivity (Wildman–Crippen MR) is 67.2 cm³/mol. The van der Waals surface area contributed by atoms with Crippen LogP contribution in [-0.2, 0) is 14.3 Å². The van der Waals surface area contributed by atoms with Crippen molar-refractivity contribution in [2.24, 2.45) is 0 Å². The van der Waals surface area contributed by atoms with Crippen LogP contribution in [0.2, 0.25) is 0 Å². The first-order valence-electron chi connectivity index (χ1n) is 5.55. The lowest BCUT2D eigenvalue weighted by Crippen LogP contribution is -2.30. The number of ether oxygens (including phenoxy) is 2. The van der Waals surface area contributed by atoms with E-state index in [2.05, 4.69) is 14.7 Å². The molecule has 0 saturated carbocycles. The van der Waals surface area contributed by atoms with Crippen LogP contribution in [0.3, 0.4) is 0 Å². The van der Waals surface area contributed by atoms with Crippen LogP contribution in [0.1, 0.15) is 6.42 Å². The molecule has 1 aromatic rings. The summed E-state index contributed by atoms with van der Waals surface area (Å²) in [6, 6.07) is 0. The smallest absolute Gasteiger partial charge is 0.307 e. The average Bonchev–Trinajstić information content (AvgIpc) is 2.38. The third kappa shape index (κ3) is 4.54. The number of nitrogens with zero attached hydrogens (tertiary/aromatic N) is 3. The molecule has 0 aromatic carbocycles. The van der Waals surface area contributed by atoms with Gasteiger partial charge in [0.15, 0.2) is 0 Å². The summed E-state index contributed by atoms with van der Waals surface area (Å²) >= 11 is 0. The Bertz CT molecular complexity index is 386. The predicted octanol–water partition coefficient (Wildman–Crippen LogP) is 0.0747. The van der Waals surface area contributed by atoms with Gasteiger partial charge in [0.2, 0.25) is 0 Å². The minimum Gasteiger partial charge on any atom is -0.469 e. The van der Waals surface area contributed by atoms with Crippen molar-refractivity contribution < 1.29 is 14.3 Å². The molecule has 7 heteroatoms. The number of hydrogen-bond acceptors (Lipinski definition) is 7. The summed E-state index contributed by atoms with van der Waals surface area (Å²) in [7, 11) is 2.98. The van der Waals surface area contributed by atoms with Gasteiger partial charge in [-0.2, -0.15) is 0 Å². The number of hydrogen-bond donors (Lipinski definition) is 1. The van der Waals surface area contributed by atoms with E-state index in [9.17, 15) is 4.79 Å². The largest absolute Gasteiger partial charge is 0.469 e. The first kappa shape index (κ1) is 14.2. The first-order valence-corrected chi connectivity index (χ1v) is 5.55. The molecule has 1 heterocycles. The highest BCUT2D eigenvalue weighted by Crippen LogP contribution is 2.11. The molecule has 2 N–H and O–H groups in total. The molecule has 100 valence electrons. The van der Waals surface area contributed by atoms with Gasteiger partial charge < -0.3 is 20.1 Å². The van der Waals surface area contributed by atoms with Crippen molar-refractivity contribution in [3.63, 3.8) is 0 Å². The van der Waals surface area contributed by atoms with Gasteiger partial charge in [0, 0.05) is 20.2 Å². The molecule has 0 aliphatic rings. The molecule has 0 aliphatic carbocycles. The topological polar surface area (TPSA) is 90.6 Å². The van der Waals surface area contributed by atoms with Crippen molar-refractivity contribution in [3.05, 3.63) is 12.4 Å². The summed E-state index contributed by atoms with van der Waals surface area (Å²) in [5.74, 6) is 0.693. The standard InChI is InChI=1S/C11H18N4O3/c1-17-6-5-15(4-3-11(16)18-2)10-8-13-7-9(12)14-10/h7-8H,3-6H2,1-2H3,(H2,12,14). The Kier molecular flexibility index (Phi) is 5.86. The fourth-order valence-corrected chi connectivity index (χ4v) is 1.39. The number of carbonyl (C=O) groups excluding carboxylic acids is 1. The molecule has 1 aromatic heterocycles. The Morgan fingerprint density at radius 3 is 2.78 bits per heavy atom. The third-order valence-electron chi connectivity index (χ3n) is 2.34. The number of carbonyl (C=O) groups is 1. The maximum atomic E-state index is 11.1. The zero-order valence-electron chi connectivity index (χ0n) is 10.6. The van der Waals surface area contributed by atoms with Crippen LogP contribution in [0.15, 0.2) is 12.4 Å². The fourth-order valence-electron chi connectivity index (χ4n) is 1.39. The molecular formula is C11H18N4O3. The van der Waals surface area contributed by atoms with Crippen LogP contribution in [0, 0.1) is 0 Å². The van der Waals surface area contributed by atoms with E-state index in [-0.39, 0.29) is 12.4 Å². The number of rotatable bonds is 7. The lowest BCUT2D eigenvalue weighted by molar-refractivity contribution is -0.140. The highest BCUT2D eigenvalue weighted by molar-refractivity contribution is 5.69. The summed E-state index contributed by atoms with van der Waals surface area (Å²) in [5, 5.41) is 0. The van der Waals surface area contributed by atoms with Crippen LogP contribution in [0.25, 0.3) is 0 Å². The Morgan fingerprint density at radius 2 is 2.17 bits per heavy atom. The summed E-state index contributed by atoms with van der Waals surface area (Å²) < 4.78 is 9.63. The summed E-state index contributed by atoms with van der Waals surface area (Å²) in [4.78, 5) is 21.2. The van der Waals surface area contributed by atoms with Crippen molar-refractivity contribution in [1.29, 1.82) is 0 Å². The number of anilines is 2. The van der Waals surface area contributed by atoms with Crippen LogP contribution >= 0.6 is 0 Å². The van der Waals surface area contributed by atoms with E-state index in [4.69, 9.17) is 10.5 Å². The van der Waals surface area contributed by atoms with E-state index in [1.165, 1.54) is 13.3 Å². The highest BCUT2D eigenvalue weighted by Gasteiger charge is 2.11. The maximum absolute atomic E-state index is 11.1. The van der Waals surface area contributed by atoms with E-state index in [0.29, 0.717) is 31.3 Å². The fraction of sp³-hybridized carbons (Fsp3) is 0.545. The van der Waals surface area contributed by atoms with Gasteiger partial charge in [-0.3, -0.25) is 9.78 Å². The Hall–Kier alpha value is -1.89. The number of nitrogen functional groups attached to an aromatic ring is 1. The molecule has 7 nitrogen and oxygen atoms in total. The molecular weight excluding hydrogens is 236 g/mol. The minimum atomic E-state index is -0.269. The zero-order chi connectivity index (χ0) is 13.4. The van der Waals surface area contributed by atoms with Gasteiger partial charge in [0.05, 0.1) is 32.5 Å². The molecule has 0 spiro atoms. The van der Waals surface area contributed by atoms with E-state index in [0.717, 1.165) is 0 Å². The molecule has 1 rings (SSSR count). The van der Waals surface area contributed by atoms with E-state index in [1.807, 2.05) is 4.90 Å². The molecule has 0 fully saturated rings. The highest BCUT2D eigenvalue weighted by atomic mass is 16.5. The Labute approximate surface area is 106 Å². The van der Waals surface area contributed by atoms with Crippen molar-refractivity contribution in [3.8, 4) is 0 Å². The van der Waals surface area contributed by atoms with Crippen molar-refractivity contribution >= 4 is 17.6 Å². The first-order chi connectivity index (χ1) is 8.67. The van der Waals surface area contributed by atoms with Gasteiger partial charge in [-0.25, -0.2) is 4.98 Å². The SMILES string of the molecule is COCCN(CCC(=O)OC)c1cncc(N)n1. The van der Waals surface area contributed by atoms with Gasteiger partial charge in [-0.1, -0.05) is 0 Å². The Balaban J connectivity index is 2.68. The molecule has 0 unspecified atom stereocenters. The maximum Gasteiger partial charge on any atom is 0.307 e. The van der Waals surface area contributed by atoms with Crippen LogP contribution in [0.5, 0.6) is 0 Å². The number of methoxy groups -OCH3 is 2. The monoisotopic (exact) mass is 254 g/mol. The van der Waals surface area contributed by atoms with Gasteiger partial charge in [-0.05, 0) is 0 Å². The van der Waals surface area contributed by atoms with E-state index in [1.54, 1.807) is 13.3 Å². The molecule has 0 radical (unpaired) electrons. The van der Waals surface area contributed by atoms with Gasteiger partial charge in [0.25, 0.3) is 0 Å². The van der Waals surface area contributed by atoms with Crippen molar-refractivity contribution in [2.45, 2.75) is 6.42 Å². The normalized spacial score (nSPS) is 10.1. The van der Waals surface area contributed by atoms with Crippen molar-refractivity contribution in [1.82, 2.24) is 9.97 Å². The molecule has 0 saturated heterocycles. The molecule has 18 heavy (non-hydrogen) atoms. The average molecular weight is 254 g/mol. The minimum absolute atomic E-state index is 0.269. The molecule has 0 bridgehead atoms. The number of aromatic nitrogens is 2. The molecule has 0 aliphatic heterocycles.